The number of thiophene rings is 1. The van der Waals surface area contributed by atoms with Crippen molar-refractivity contribution >= 4 is 75.1 Å². The highest BCUT2D eigenvalue weighted by atomic mass is 35.5. The van der Waals surface area contributed by atoms with Gasteiger partial charge in [-0.15, -0.1) is 11.3 Å². The fourth-order valence-electron chi connectivity index (χ4n) is 18.9. The van der Waals surface area contributed by atoms with Gasteiger partial charge in [-0.3, -0.25) is 54.1 Å². The number of aromatic nitrogens is 13. The maximum Gasteiger partial charge on any atom is 0.272 e. The van der Waals surface area contributed by atoms with Crippen LogP contribution in [-0.4, -0.2) is 137 Å². The number of hydrogen-bond donors (Lipinski definition) is 2. The smallest absolute Gasteiger partial charge is 0.272 e. The lowest BCUT2D eigenvalue weighted by Gasteiger charge is -2.16. The van der Waals surface area contributed by atoms with Crippen molar-refractivity contribution in [3.8, 4) is 55.3 Å². The van der Waals surface area contributed by atoms with Crippen molar-refractivity contribution in [2.75, 3.05) is 26.2 Å². The quantitative estimate of drug-likeness (QED) is 0.0724. The Morgan fingerprint density at radius 1 is 0.420 bits per heavy atom. The lowest BCUT2D eigenvalue weighted by Crippen LogP contribution is -2.19. The van der Waals surface area contributed by atoms with E-state index in [4.69, 9.17) is 11.6 Å². The minimum atomic E-state index is -0.299. The molecule has 8 aliphatic rings. The summed E-state index contributed by atoms with van der Waals surface area (Å²) in [6, 6.07) is 39.7. The van der Waals surface area contributed by atoms with Gasteiger partial charge in [0.2, 0.25) is 0 Å². The van der Waals surface area contributed by atoms with Gasteiger partial charge in [0.25, 0.3) is 29.2 Å². The van der Waals surface area contributed by atoms with Crippen molar-refractivity contribution in [2.24, 2.45) is 20.0 Å². The second-order valence-electron chi connectivity index (χ2n) is 35.2. The highest BCUT2D eigenvalue weighted by Gasteiger charge is 2.32. The van der Waals surface area contributed by atoms with E-state index in [1.165, 1.54) is 83.5 Å². The maximum absolute atomic E-state index is 13.1. The van der Waals surface area contributed by atoms with Crippen LogP contribution in [0.5, 0.6) is 0 Å². The van der Waals surface area contributed by atoms with Gasteiger partial charge in [-0.1, -0.05) is 107 Å². The number of allylic oxidation sites excluding steroid dienone is 12. The normalized spacial score (nSPS) is 15.6. The Morgan fingerprint density at radius 3 is 1.28 bits per heavy atom. The summed E-state index contributed by atoms with van der Waals surface area (Å²) in [6.07, 6.45) is 19.0. The van der Waals surface area contributed by atoms with E-state index in [0.717, 1.165) is 256 Å². The van der Waals surface area contributed by atoms with Gasteiger partial charge in [-0.25, -0.2) is 32.6 Å². The topological polar surface area (TPSA) is 268 Å². The van der Waals surface area contributed by atoms with Gasteiger partial charge in [0.1, 0.15) is 11.5 Å². The average Bonchev–Trinajstić information content (AvgIpc) is 1.63. The molecular formula is C106H109ClFN17O5S. The van der Waals surface area contributed by atoms with E-state index in [1.54, 1.807) is 78.6 Å². The number of benzene rings is 4. The highest BCUT2D eigenvalue weighted by Crippen LogP contribution is 2.40. The van der Waals surface area contributed by atoms with Crippen LogP contribution >= 0.6 is 22.9 Å². The number of aromatic amines is 2. The number of carbonyl (C=O) groups excluding carboxylic acids is 4. The van der Waals surface area contributed by atoms with Gasteiger partial charge in [0.15, 0.2) is 5.65 Å². The molecule has 0 atom stereocenters. The summed E-state index contributed by atoms with van der Waals surface area (Å²) >= 11 is 7.69. The second kappa shape index (κ2) is 39.1. The Hall–Kier alpha value is -13.5. The van der Waals surface area contributed by atoms with Crippen LogP contribution in [-0.2, 0) is 38.5 Å². The molecule has 12 aromatic rings. The Balaban J connectivity index is 0.000000120. The Bertz CT molecular complexity index is 7040. The molecule has 0 spiro atoms. The molecule has 0 bridgehead atoms. The summed E-state index contributed by atoms with van der Waals surface area (Å²) in [6.45, 7) is 34.3. The molecule has 0 aliphatic carbocycles. The van der Waals surface area contributed by atoms with E-state index in [-0.39, 0.29) is 35.0 Å². The third-order valence-electron chi connectivity index (χ3n) is 26.2. The number of aliphatic imine (C=N–C) groups is 4. The molecule has 16 heterocycles. The van der Waals surface area contributed by atoms with E-state index < -0.39 is 0 Å². The predicted molar refractivity (Wildman–Crippen MR) is 523 cm³/mol. The maximum atomic E-state index is 13.1. The number of carbonyl (C=O) groups is 4. The third-order valence-corrected chi connectivity index (χ3v) is 27.4. The number of nitrogens with zero attached hydrogens (tertiary/aromatic N) is 15. The van der Waals surface area contributed by atoms with E-state index in [2.05, 4.69) is 167 Å². The van der Waals surface area contributed by atoms with E-state index >= 15 is 0 Å². The van der Waals surface area contributed by atoms with Crippen molar-refractivity contribution in [3.63, 3.8) is 0 Å². The van der Waals surface area contributed by atoms with Crippen LogP contribution in [0.15, 0.2) is 249 Å². The first-order valence-corrected chi connectivity index (χ1v) is 46.1. The molecule has 0 saturated heterocycles. The lowest BCUT2D eigenvalue weighted by molar-refractivity contribution is 0.0937. The second-order valence-corrected chi connectivity index (χ2v) is 36.6. The predicted octanol–water partition coefficient (Wildman–Crippen LogP) is 22.2. The molecule has 0 unspecified atom stereocenters. The van der Waals surface area contributed by atoms with Gasteiger partial charge >= 0.3 is 0 Å². The van der Waals surface area contributed by atoms with Crippen molar-refractivity contribution < 1.29 is 23.6 Å². The van der Waals surface area contributed by atoms with Crippen molar-refractivity contribution in [1.82, 2.24) is 63.9 Å². The molecule has 0 amide bonds. The van der Waals surface area contributed by atoms with E-state index in [1.807, 2.05) is 93.7 Å². The molecule has 4 aromatic carbocycles. The van der Waals surface area contributed by atoms with Gasteiger partial charge in [0, 0.05) is 118 Å². The van der Waals surface area contributed by atoms with Crippen LogP contribution in [0.1, 0.15) is 199 Å². The van der Waals surface area contributed by atoms with Gasteiger partial charge in [-0.05, 0) is 299 Å². The number of fused-ring (bicyclic) bond motifs is 5. The first kappa shape index (κ1) is 90.9. The summed E-state index contributed by atoms with van der Waals surface area (Å²) in [7, 11) is 0. The summed E-state index contributed by atoms with van der Waals surface area (Å²) < 4.78 is 20.8. The fraction of sp³-hybridized carbons (Fsp3) is 0.311. The van der Waals surface area contributed by atoms with Crippen LogP contribution in [0.3, 0.4) is 0 Å². The minimum Gasteiger partial charge on any atom is -0.289 e. The van der Waals surface area contributed by atoms with Crippen LogP contribution < -0.4 is 5.56 Å². The number of halogens is 2. The highest BCUT2D eigenvalue weighted by molar-refractivity contribution is 7.13. The molecule has 0 saturated carbocycles. The van der Waals surface area contributed by atoms with Gasteiger partial charge < -0.3 is 0 Å². The zero-order chi connectivity index (χ0) is 92.3. The standard InChI is InChI=1S/C23H25N3O.C22H22ClN3O.C22H23N3O.C20H21N3OS.C19H18FN5O/c1-14-7-5-6-8-20(14)23-16(3)21-11-18(12-22(27)26(21)25-23)9-10-19-15(2)13-24-17(19)4;1-13-12-24-14(2)19(13)9-4-16-10-20-22(17-5-7-18(23)8-6-17)15(3)25-26(20)21(27)11-16;1-14-13-23-15(2)19(14)10-9-17-11-20-22(18-7-5-4-6-8-18)16(3)24-25(20)21(26)12-17;1-12-11-21-14(3)16(12)7-6-15-9-17-13(2)20(18-5-4-8-25-18)22-23(17)19(24)10-15;1-11-16(12(2)23-22-11)8-7-15-9-19(26)25-18(21-15)10-17(24-25)13-3-5-14(20)6-4-13/h5-8,12H,9-11,13H2,1-4H3;5-8,11H,4,9-10,12H2,1-3H3;4-8,12H,9-11,13H2,1-3H3;4-5,8,10H,6-7,9,11H2,1-3H3;3-6,9-10,24H,7-8H2,1-2H3,(H,22,23). The van der Waals surface area contributed by atoms with Crippen molar-refractivity contribution in [3.05, 3.63) is 319 Å². The molecule has 20 rings (SSSR count). The molecule has 8 aromatic heterocycles. The van der Waals surface area contributed by atoms with Crippen LogP contribution in [0.25, 0.3) is 61.0 Å². The molecule has 25 heteroatoms. The van der Waals surface area contributed by atoms with Gasteiger partial charge in [0.05, 0.1) is 82.3 Å². The largest absolute Gasteiger partial charge is 0.289 e. The monoisotopic (exact) mass is 1790 g/mol. The average molecular weight is 1790 g/mol. The lowest BCUT2D eigenvalue weighted by atomic mass is 9.92. The van der Waals surface area contributed by atoms with Crippen LogP contribution in [0.4, 0.5) is 4.39 Å². The van der Waals surface area contributed by atoms with Crippen molar-refractivity contribution in [1.29, 1.82) is 0 Å². The minimum absolute atomic E-state index is 0.0235. The summed E-state index contributed by atoms with van der Waals surface area (Å²) in [4.78, 5) is 86.6. The molecule has 22 nitrogen and oxygen atoms in total. The zero-order valence-corrected chi connectivity index (χ0v) is 78.7. The Labute approximate surface area is 771 Å². The van der Waals surface area contributed by atoms with E-state index in [9.17, 15) is 28.4 Å². The number of hydrogen-bond acceptors (Lipinski definition) is 16. The first-order chi connectivity index (χ1) is 63.0. The molecule has 668 valence electrons. The number of aryl methyl sites for hydroxylation is 6. The molecular weight excluding hydrogens is 1680 g/mol. The fourth-order valence-corrected chi connectivity index (χ4v) is 19.7. The summed E-state index contributed by atoms with van der Waals surface area (Å²) in [5, 5.41) is 31.1. The van der Waals surface area contributed by atoms with Gasteiger partial charge in [-0.2, -0.15) is 25.5 Å². The Kier molecular flexibility index (Phi) is 27.1. The molecule has 2 N–H and O–H groups in total. The van der Waals surface area contributed by atoms with E-state index in [0.29, 0.717) is 22.8 Å². The third kappa shape index (κ3) is 19.7. The first-order valence-electron chi connectivity index (χ1n) is 44.9. The number of nitrogens with one attached hydrogen (secondary N) is 2. The zero-order valence-electron chi connectivity index (χ0n) is 77.2. The number of H-pyrrole nitrogens is 2. The SMILES string of the molecule is CC1=NCC(C)=C1CCC1=CC(=O)n2nc(-c3ccccc3C)c(C)c2C1.CC1=NCC(C)=C1CCC1=CC(=O)n2nc(-c3cccs3)c(C)c2C1.CC1=NCC(C)=C1CCC1=CC(=O)n2nc(C)c(-c3ccc(Cl)cc3)c2C1.CC1=NCC(C)=C1CCC1=CC(=O)n2nc(C)c(-c3ccccc3)c2C1.Cc1n[nH]c(C)c1CCc1cc(=O)n2[nH]c(-c3ccc(F)cc3)cc2n1. The molecule has 0 radical (unpaired) electrons. The molecule has 8 aliphatic heterocycles. The Morgan fingerprint density at radius 2 is 0.847 bits per heavy atom. The van der Waals surface area contributed by atoms with Crippen LogP contribution in [0, 0.1) is 54.3 Å². The molecule has 131 heavy (non-hydrogen) atoms. The number of rotatable bonds is 20. The summed E-state index contributed by atoms with van der Waals surface area (Å²) in [5.41, 5.74) is 42.5. The summed E-state index contributed by atoms with van der Waals surface area (Å²) in [5.74, 6) is -0.445. The molecule has 0 fully saturated rings. The van der Waals surface area contributed by atoms with Crippen molar-refractivity contribution in [2.45, 2.75) is 194 Å². The van der Waals surface area contributed by atoms with Crippen LogP contribution in [0.2, 0.25) is 5.02 Å².